The first-order chi connectivity index (χ1) is 13.5. The molecule has 1 unspecified atom stereocenters. The standard InChI is InChI=1S/C20H25N5O3/c1-5-16-13-10-14(18-15(11-27-4)22-24(3)20(18)26)21-12(2)19(13)23-25(16)17-8-6-7-9-28-17/h5,10,17,26H,1,6-9,11H2,2-4H3. The minimum atomic E-state index is -0.0900. The molecule has 1 saturated heterocycles. The minimum absolute atomic E-state index is 0.0569. The number of aromatic nitrogens is 5. The smallest absolute Gasteiger partial charge is 0.219 e. The number of aryl methyl sites for hydroxylation is 2. The zero-order chi connectivity index (χ0) is 19.8. The number of hydrogen-bond acceptors (Lipinski definition) is 6. The van der Waals surface area contributed by atoms with E-state index in [9.17, 15) is 5.11 Å². The maximum absolute atomic E-state index is 10.5. The van der Waals surface area contributed by atoms with Crippen molar-refractivity contribution in [3.8, 4) is 17.1 Å². The largest absolute Gasteiger partial charge is 0.493 e. The quantitative estimate of drug-likeness (QED) is 0.727. The van der Waals surface area contributed by atoms with Crippen molar-refractivity contribution in [1.29, 1.82) is 0 Å². The van der Waals surface area contributed by atoms with Crippen LogP contribution in [0.2, 0.25) is 0 Å². The summed E-state index contributed by atoms with van der Waals surface area (Å²) in [6.45, 7) is 6.93. The second kappa shape index (κ2) is 7.37. The Morgan fingerprint density at radius 2 is 2.21 bits per heavy atom. The number of fused-ring (bicyclic) bond motifs is 1. The van der Waals surface area contributed by atoms with Gasteiger partial charge in [-0.3, -0.25) is 4.98 Å². The maximum atomic E-state index is 10.5. The number of nitrogens with zero attached hydrogens (tertiary/aromatic N) is 5. The van der Waals surface area contributed by atoms with Crippen LogP contribution < -0.4 is 0 Å². The Hall–Kier alpha value is -2.71. The fraction of sp³-hybridized carbons (Fsp3) is 0.450. The lowest BCUT2D eigenvalue weighted by atomic mass is 10.1. The number of methoxy groups -OCH3 is 1. The van der Waals surface area contributed by atoms with E-state index in [4.69, 9.17) is 19.6 Å². The van der Waals surface area contributed by atoms with Crippen LogP contribution in [0.4, 0.5) is 0 Å². The lowest BCUT2D eigenvalue weighted by Gasteiger charge is -2.23. The molecule has 28 heavy (non-hydrogen) atoms. The van der Waals surface area contributed by atoms with Crippen LogP contribution in [0.5, 0.6) is 5.88 Å². The summed E-state index contributed by atoms with van der Waals surface area (Å²) in [4.78, 5) is 4.70. The van der Waals surface area contributed by atoms with Gasteiger partial charge >= 0.3 is 0 Å². The molecule has 0 spiro atoms. The zero-order valence-corrected chi connectivity index (χ0v) is 16.5. The molecule has 3 aromatic rings. The highest BCUT2D eigenvalue weighted by Gasteiger charge is 2.24. The molecule has 3 aromatic heterocycles. The Kier molecular flexibility index (Phi) is 4.91. The van der Waals surface area contributed by atoms with Crippen molar-refractivity contribution in [1.82, 2.24) is 24.5 Å². The Morgan fingerprint density at radius 1 is 1.39 bits per heavy atom. The molecule has 1 N–H and O–H groups in total. The van der Waals surface area contributed by atoms with Crippen LogP contribution in [0.15, 0.2) is 12.6 Å². The van der Waals surface area contributed by atoms with E-state index in [-0.39, 0.29) is 18.7 Å². The van der Waals surface area contributed by atoms with Crippen LogP contribution in [0.25, 0.3) is 28.2 Å². The molecular weight excluding hydrogens is 358 g/mol. The second-order valence-corrected chi connectivity index (χ2v) is 7.05. The zero-order valence-electron chi connectivity index (χ0n) is 16.5. The molecule has 4 heterocycles. The van der Waals surface area contributed by atoms with Gasteiger partial charge in [-0.2, -0.15) is 10.2 Å². The van der Waals surface area contributed by atoms with Gasteiger partial charge in [0, 0.05) is 26.2 Å². The first-order valence-electron chi connectivity index (χ1n) is 9.43. The summed E-state index contributed by atoms with van der Waals surface area (Å²) in [6.07, 6.45) is 4.83. The van der Waals surface area contributed by atoms with Gasteiger partial charge in [0.05, 0.1) is 29.3 Å². The van der Waals surface area contributed by atoms with Crippen LogP contribution in [-0.4, -0.2) is 43.4 Å². The third-order valence-electron chi connectivity index (χ3n) is 5.15. The summed E-state index contributed by atoms with van der Waals surface area (Å²) in [5.74, 6) is 0.0569. The Labute approximate surface area is 163 Å². The summed E-state index contributed by atoms with van der Waals surface area (Å²) in [5.41, 5.74) is 4.32. The average molecular weight is 383 g/mol. The third-order valence-corrected chi connectivity index (χ3v) is 5.15. The summed E-state index contributed by atoms with van der Waals surface area (Å²) in [6, 6.07) is 1.93. The lowest BCUT2D eigenvalue weighted by Crippen LogP contribution is -2.20. The van der Waals surface area contributed by atoms with Crippen LogP contribution in [0.1, 0.15) is 42.6 Å². The topological polar surface area (TPSA) is 87.2 Å². The minimum Gasteiger partial charge on any atom is -0.493 e. The monoisotopic (exact) mass is 383 g/mol. The van der Waals surface area contributed by atoms with Crippen molar-refractivity contribution in [2.45, 2.75) is 39.0 Å². The SMILES string of the molecule is C=Cc1c2cc(-c3c(COC)nn(C)c3O)nc(C)c2nn1C1CCCCO1. The van der Waals surface area contributed by atoms with E-state index in [0.29, 0.717) is 17.0 Å². The first kappa shape index (κ1) is 18.6. The summed E-state index contributed by atoms with van der Waals surface area (Å²) >= 11 is 0. The maximum Gasteiger partial charge on any atom is 0.219 e. The second-order valence-electron chi connectivity index (χ2n) is 7.05. The van der Waals surface area contributed by atoms with Gasteiger partial charge in [-0.15, -0.1) is 0 Å². The van der Waals surface area contributed by atoms with Gasteiger partial charge in [-0.1, -0.05) is 6.58 Å². The summed E-state index contributed by atoms with van der Waals surface area (Å²) < 4.78 is 14.5. The fourth-order valence-corrected chi connectivity index (χ4v) is 3.81. The highest BCUT2D eigenvalue weighted by molar-refractivity contribution is 5.91. The summed E-state index contributed by atoms with van der Waals surface area (Å²) in [7, 11) is 3.29. The normalized spacial score (nSPS) is 17.3. The predicted molar refractivity (Wildman–Crippen MR) is 106 cm³/mol. The number of ether oxygens (including phenoxy) is 2. The molecule has 1 aliphatic rings. The van der Waals surface area contributed by atoms with Crippen LogP contribution in [0.3, 0.4) is 0 Å². The van der Waals surface area contributed by atoms with Crippen LogP contribution in [0, 0.1) is 6.92 Å². The van der Waals surface area contributed by atoms with E-state index < -0.39 is 0 Å². The molecule has 8 nitrogen and oxygen atoms in total. The van der Waals surface area contributed by atoms with E-state index in [1.165, 1.54) is 4.68 Å². The van der Waals surface area contributed by atoms with Gasteiger partial charge < -0.3 is 14.6 Å². The molecule has 0 radical (unpaired) electrons. The summed E-state index contributed by atoms with van der Waals surface area (Å²) in [5, 5.41) is 20.6. The molecular formula is C20H25N5O3. The Morgan fingerprint density at radius 3 is 2.89 bits per heavy atom. The average Bonchev–Trinajstić information content (AvgIpc) is 3.20. The molecule has 1 aliphatic heterocycles. The number of hydrogen-bond donors (Lipinski definition) is 1. The molecule has 0 bridgehead atoms. The molecule has 4 rings (SSSR count). The highest BCUT2D eigenvalue weighted by atomic mass is 16.5. The molecule has 8 heteroatoms. The van der Waals surface area contributed by atoms with Crippen molar-refractivity contribution < 1.29 is 14.6 Å². The molecule has 1 fully saturated rings. The third kappa shape index (κ3) is 2.98. The van der Waals surface area contributed by atoms with Gasteiger partial charge in [0.1, 0.15) is 11.2 Å². The Balaban J connectivity index is 1.90. The van der Waals surface area contributed by atoms with Gasteiger partial charge in [0.2, 0.25) is 5.88 Å². The van der Waals surface area contributed by atoms with E-state index in [0.717, 1.165) is 48.2 Å². The van der Waals surface area contributed by atoms with Crippen molar-refractivity contribution in [3.63, 3.8) is 0 Å². The molecule has 0 amide bonds. The fourth-order valence-electron chi connectivity index (χ4n) is 3.81. The van der Waals surface area contributed by atoms with Crippen molar-refractivity contribution >= 4 is 17.0 Å². The van der Waals surface area contributed by atoms with E-state index in [1.54, 1.807) is 20.2 Å². The molecule has 0 aromatic carbocycles. The number of aromatic hydroxyl groups is 1. The highest BCUT2D eigenvalue weighted by Crippen LogP contribution is 2.36. The van der Waals surface area contributed by atoms with Crippen molar-refractivity contribution in [2.24, 2.45) is 7.05 Å². The van der Waals surface area contributed by atoms with E-state index >= 15 is 0 Å². The molecule has 148 valence electrons. The number of rotatable bonds is 5. The molecule has 0 aliphatic carbocycles. The van der Waals surface area contributed by atoms with Gasteiger partial charge in [0.15, 0.2) is 6.23 Å². The van der Waals surface area contributed by atoms with E-state index in [1.807, 2.05) is 17.7 Å². The van der Waals surface area contributed by atoms with Crippen LogP contribution >= 0.6 is 0 Å². The molecule has 0 saturated carbocycles. The van der Waals surface area contributed by atoms with Crippen LogP contribution in [-0.2, 0) is 23.1 Å². The Bertz CT molecular complexity index is 1030. The van der Waals surface area contributed by atoms with Gasteiger partial charge in [-0.05, 0) is 38.3 Å². The molecule has 1 atom stereocenters. The van der Waals surface area contributed by atoms with E-state index in [2.05, 4.69) is 11.7 Å². The van der Waals surface area contributed by atoms with Crippen molar-refractivity contribution in [2.75, 3.05) is 13.7 Å². The number of pyridine rings is 1. The first-order valence-corrected chi connectivity index (χ1v) is 9.43. The lowest BCUT2D eigenvalue weighted by molar-refractivity contribution is -0.0394. The van der Waals surface area contributed by atoms with Crippen molar-refractivity contribution in [3.05, 3.63) is 29.7 Å². The predicted octanol–water partition coefficient (Wildman–Crippen LogP) is 3.33. The van der Waals surface area contributed by atoms with Gasteiger partial charge in [0.25, 0.3) is 0 Å². The van der Waals surface area contributed by atoms with Gasteiger partial charge in [-0.25, -0.2) is 9.36 Å².